The van der Waals surface area contributed by atoms with Crippen LogP contribution in [0.4, 0.5) is 0 Å². The van der Waals surface area contributed by atoms with Crippen LogP contribution in [0.1, 0.15) is 31.7 Å². The van der Waals surface area contributed by atoms with Gasteiger partial charge in [0.1, 0.15) is 0 Å². The zero-order valence-corrected chi connectivity index (χ0v) is 17.3. The number of para-hydroxylation sites is 1. The Balaban J connectivity index is 2.04. The Bertz CT molecular complexity index is 1110. The lowest BCUT2D eigenvalue weighted by atomic mass is 9.98. The minimum atomic E-state index is -0.200. The van der Waals surface area contributed by atoms with E-state index in [1.54, 1.807) is 16.7 Å². The summed E-state index contributed by atoms with van der Waals surface area (Å²) in [6, 6.07) is 15.2. The molecule has 0 unspecified atom stereocenters. The Labute approximate surface area is 174 Å². The molecule has 148 valence electrons. The van der Waals surface area contributed by atoms with Gasteiger partial charge in [0.05, 0.1) is 28.9 Å². The fourth-order valence-electron chi connectivity index (χ4n) is 2.96. The van der Waals surface area contributed by atoms with Crippen LogP contribution in [0.2, 0.25) is 0 Å². The smallest absolute Gasteiger partial charge is 0.266 e. The van der Waals surface area contributed by atoms with Crippen molar-refractivity contribution in [2.24, 2.45) is 0 Å². The van der Waals surface area contributed by atoms with Gasteiger partial charge in [-0.05, 0) is 42.2 Å². The summed E-state index contributed by atoms with van der Waals surface area (Å²) in [6.07, 6.45) is 6.23. The third-order valence-corrected chi connectivity index (χ3v) is 5.74. The van der Waals surface area contributed by atoms with Crippen molar-refractivity contribution < 1.29 is 4.79 Å². The van der Waals surface area contributed by atoms with Crippen molar-refractivity contribution >= 4 is 28.6 Å². The van der Waals surface area contributed by atoms with Gasteiger partial charge >= 0.3 is 0 Å². The van der Waals surface area contributed by atoms with Gasteiger partial charge in [-0.25, -0.2) is 4.98 Å². The second kappa shape index (κ2) is 9.44. The second-order valence-corrected chi connectivity index (χ2v) is 7.66. The monoisotopic (exact) mass is 405 g/mol. The molecule has 1 atom stereocenters. The molecule has 0 aliphatic carbocycles. The summed E-state index contributed by atoms with van der Waals surface area (Å²) in [6.45, 7) is 4.50. The van der Waals surface area contributed by atoms with Crippen LogP contribution in [-0.2, 0) is 4.79 Å². The Morgan fingerprint density at radius 1 is 1.24 bits per heavy atom. The van der Waals surface area contributed by atoms with Crippen molar-refractivity contribution in [3.63, 3.8) is 0 Å². The summed E-state index contributed by atoms with van der Waals surface area (Å²) in [7, 11) is 0. The fourth-order valence-corrected chi connectivity index (χ4v) is 3.80. The number of carbonyl (C=O) groups is 1. The number of nitrogens with one attached hydrogen (secondary N) is 1. The third-order valence-electron chi connectivity index (χ3n) is 4.80. The number of hydrogen-bond donors (Lipinski definition) is 1. The SMILES string of the molecule is C#CCNC(=O)CSc1nc2ccccc2c(=O)n1-c1ccc([C@@H](C)CC)cc1. The molecule has 1 aromatic heterocycles. The fraction of sp³-hybridized carbons (Fsp3) is 0.261. The van der Waals surface area contributed by atoms with Gasteiger partial charge in [0, 0.05) is 0 Å². The van der Waals surface area contributed by atoms with Gasteiger partial charge in [-0.1, -0.05) is 55.8 Å². The first-order chi connectivity index (χ1) is 14.0. The molecule has 0 saturated carbocycles. The first kappa shape index (κ1) is 20.7. The number of thioether (sulfide) groups is 1. The summed E-state index contributed by atoms with van der Waals surface area (Å²) in [4.78, 5) is 29.8. The van der Waals surface area contributed by atoms with Gasteiger partial charge < -0.3 is 5.32 Å². The van der Waals surface area contributed by atoms with Crippen LogP contribution in [0.3, 0.4) is 0 Å². The van der Waals surface area contributed by atoms with Gasteiger partial charge in [0.25, 0.3) is 5.56 Å². The number of aromatic nitrogens is 2. The molecule has 3 aromatic rings. The zero-order chi connectivity index (χ0) is 20.8. The quantitative estimate of drug-likeness (QED) is 0.369. The molecule has 1 N–H and O–H groups in total. The standard InChI is InChI=1S/C23H23N3O2S/c1-4-14-24-21(27)15-29-23-25-20-9-7-6-8-19(20)22(28)26(23)18-12-10-17(11-13-18)16(3)5-2/h1,6-13,16H,5,14-15H2,2-3H3,(H,24,27)/t16-/m0/s1. The number of nitrogens with zero attached hydrogens (tertiary/aromatic N) is 2. The van der Waals surface area contributed by atoms with Crippen LogP contribution in [0, 0.1) is 12.3 Å². The van der Waals surface area contributed by atoms with E-state index in [9.17, 15) is 9.59 Å². The maximum Gasteiger partial charge on any atom is 0.266 e. The molecular weight excluding hydrogens is 382 g/mol. The molecule has 6 heteroatoms. The van der Waals surface area contributed by atoms with Crippen molar-refractivity contribution in [1.82, 2.24) is 14.9 Å². The largest absolute Gasteiger partial charge is 0.344 e. The van der Waals surface area contributed by atoms with Crippen molar-refractivity contribution in [3.8, 4) is 18.0 Å². The number of terminal acetylenes is 1. The van der Waals surface area contributed by atoms with E-state index in [0.29, 0.717) is 22.0 Å². The highest BCUT2D eigenvalue weighted by Gasteiger charge is 2.15. The maximum atomic E-state index is 13.2. The minimum absolute atomic E-state index is 0.122. The lowest BCUT2D eigenvalue weighted by molar-refractivity contribution is -0.118. The summed E-state index contributed by atoms with van der Waals surface area (Å²) >= 11 is 1.22. The van der Waals surface area contributed by atoms with E-state index in [2.05, 4.69) is 30.1 Å². The topological polar surface area (TPSA) is 64.0 Å². The lowest BCUT2D eigenvalue weighted by Crippen LogP contribution is -2.26. The minimum Gasteiger partial charge on any atom is -0.344 e. The van der Waals surface area contributed by atoms with Crippen LogP contribution in [0.5, 0.6) is 0 Å². The number of rotatable bonds is 7. The number of carbonyl (C=O) groups excluding carboxylic acids is 1. The van der Waals surface area contributed by atoms with Crippen molar-refractivity contribution in [2.75, 3.05) is 12.3 Å². The van der Waals surface area contributed by atoms with Gasteiger partial charge in [-0.3, -0.25) is 14.2 Å². The van der Waals surface area contributed by atoms with Crippen LogP contribution in [0.15, 0.2) is 58.5 Å². The van der Waals surface area contributed by atoms with E-state index in [1.807, 2.05) is 36.4 Å². The molecule has 5 nitrogen and oxygen atoms in total. The van der Waals surface area contributed by atoms with Crippen molar-refractivity contribution in [2.45, 2.75) is 31.3 Å². The number of amides is 1. The molecule has 0 aliphatic rings. The van der Waals surface area contributed by atoms with Crippen molar-refractivity contribution in [3.05, 3.63) is 64.4 Å². The number of fused-ring (bicyclic) bond motifs is 1. The van der Waals surface area contributed by atoms with Crippen LogP contribution >= 0.6 is 11.8 Å². The molecule has 3 rings (SSSR count). The van der Waals surface area contributed by atoms with E-state index >= 15 is 0 Å². The highest BCUT2D eigenvalue weighted by Crippen LogP contribution is 2.24. The predicted molar refractivity (Wildman–Crippen MR) is 119 cm³/mol. The lowest BCUT2D eigenvalue weighted by Gasteiger charge is -2.15. The van der Waals surface area contributed by atoms with Gasteiger partial charge in [0.2, 0.25) is 5.91 Å². The Morgan fingerprint density at radius 3 is 2.66 bits per heavy atom. The first-order valence-electron chi connectivity index (χ1n) is 9.50. The molecule has 2 aromatic carbocycles. The van der Waals surface area contributed by atoms with Crippen LogP contribution < -0.4 is 10.9 Å². The number of benzene rings is 2. The molecule has 0 spiro atoms. The Morgan fingerprint density at radius 2 is 1.97 bits per heavy atom. The number of hydrogen-bond acceptors (Lipinski definition) is 4. The highest BCUT2D eigenvalue weighted by molar-refractivity contribution is 7.99. The average Bonchev–Trinajstić information content (AvgIpc) is 2.76. The van der Waals surface area contributed by atoms with E-state index in [1.165, 1.54) is 17.3 Å². The van der Waals surface area contributed by atoms with E-state index in [4.69, 9.17) is 6.42 Å². The molecule has 0 saturated heterocycles. The average molecular weight is 406 g/mol. The predicted octanol–water partition coefficient (Wildman–Crippen LogP) is 3.74. The van der Waals surface area contributed by atoms with E-state index in [-0.39, 0.29) is 23.8 Å². The second-order valence-electron chi connectivity index (χ2n) is 6.72. The summed E-state index contributed by atoms with van der Waals surface area (Å²) in [5.41, 5.74) is 2.41. The third kappa shape index (κ3) is 4.69. The summed E-state index contributed by atoms with van der Waals surface area (Å²) in [5, 5.41) is 3.64. The molecular formula is C23H23N3O2S. The molecule has 0 aliphatic heterocycles. The van der Waals surface area contributed by atoms with Crippen molar-refractivity contribution in [1.29, 1.82) is 0 Å². The highest BCUT2D eigenvalue weighted by atomic mass is 32.2. The first-order valence-corrected chi connectivity index (χ1v) is 10.5. The van der Waals surface area contributed by atoms with Gasteiger partial charge in [0.15, 0.2) is 5.16 Å². The Hall–Kier alpha value is -3.04. The van der Waals surface area contributed by atoms with Crippen LogP contribution in [0.25, 0.3) is 16.6 Å². The van der Waals surface area contributed by atoms with Crippen LogP contribution in [-0.4, -0.2) is 27.8 Å². The van der Waals surface area contributed by atoms with E-state index < -0.39 is 0 Å². The van der Waals surface area contributed by atoms with E-state index in [0.717, 1.165) is 12.1 Å². The zero-order valence-electron chi connectivity index (χ0n) is 16.5. The molecule has 1 heterocycles. The summed E-state index contributed by atoms with van der Waals surface area (Å²) < 4.78 is 1.57. The molecule has 1 amide bonds. The Kier molecular flexibility index (Phi) is 6.73. The molecule has 0 bridgehead atoms. The summed E-state index contributed by atoms with van der Waals surface area (Å²) in [5.74, 6) is 2.75. The molecule has 29 heavy (non-hydrogen) atoms. The maximum absolute atomic E-state index is 13.2. The molecule has 0 fully saturated rings. The normalized spacial score (nSPS) is 11.8. The van der Waals surface area contributed by atoms with Gasteiger partial charge in [-0.15, -0.1) is 6.42 Å². The van der Waals surface area contributed by atoms with Gasteiger partial charge in [-0.2, -0.15) is 0 Å². The molecule has 0 radical (unpaired) electrons.